The Labute approximate surface area is 140 Å². The fourth-order valence-electron chi connectivity index (χ4n) is 2.52. The lowest BCUT2D eigenvalue weighted by Crippen LogP contribution is -2.36. The van der Waals surface area contributed by atoms with Gasteiger partial charge in [-0.25, -0.2) is 0 Å². The molecule has 0 aliphatic rings. The average Bonchev–Trinajstić information content (AvgIpc) is 2.50. The molecule has 0 aromatic heterocycles. The van der Waals surface area contributed by atoms with Crippen molar-refractivity contribution in [3.63, 3.8) is 0 Å². The van der Waals surface area contributed by atoms with Gasteiger partial charge in [0, 0.05) is 12.2 Å². The number of para-hydroxylation sites is 1. The Balaban J connectivity index is 2.86. The van der Waals surface area contributed by atoms with Crippen molar-refractivity contribution in [2.24, 2.45) is 0 Å². The molecule has 4 heteroatoms. The van der Waals surface area contributed by atoms with Crippen LogP contribution in [0.5, 0.6) is 0 Å². The first-order valence-corrected chi connectivity index (χ1v) is 8.60. The SMILES string of the molecule is CCCCCNC(=O)C(=O)Nc1c(C(C)C)cccc1C(C)C. The topological polar surface area (TPSA) is 58.2 Å². The van der Waals surface area contributed by atoms with Gasteiger partial charge in [-0.1, -0.05) is 65.7 Å². The lowest BCUT2D eigenvalue weighted by molar-refractivity contribution is -0.136. The van der Waals surface area contributed by atoms with Crippen molar-refractivity contribution in [2.45, 2.75) is 65.7 Å². The molecule has 4 nitrogen and oxygen atoms in total. The number of hydrogen-bond donors (Lipinski definition) is 2. The zero-order valence-electron chi connectivity index (χ0n) is 15.0. The molecule has 0 heterocycles. The van der Waals surface area contributed by atoms with Gasteiger partial charge in [0.25, 0.3) is 0 Å². The van der Waals surface area contributed by atoms with Gasteiger partial charge in [0.05, 0.1) is 0 Å². The van der Waals surface area contributed by atoms with Crippen molar-refractivity contribution in [1.82, 2.24) is 5.32 Å². The van der Waals surface area contributed by atoms with E-state index >= 15 is 0 Å². The predicted molar refractivity (Wildman–Crippen MR) is 95.8 cm³/mol. The van der Waals surface area contributed by atoms with E-state index in [1.807, 2.05) is 18.2 Å². The highest BCUT2D eigenvalue weighted by molar-refractivity contribution is 6.39. The minimum Gasteiger partial charge on any atom is -0.348 e. The quantitative estimate of drug-likeness (QED) is 0.585. The van der Waals surface area contributed by atoms with Gasteiger partial charge in [-0.3, -0.25) is 9.59 Å². The normalized spacial score (nSPS) is 10.9. The molecular weight excluding hydrogens is 288 g/mol. The molecule has 0 radical (unpaired) electrons. The highest BCUT2D eigenvalue weighted by Crippen LogP contribution is 2.32. The zero-order chi connectivity index (χ0) is 17.4. The van der Waals surface area contributed by atoms with Crippen LogP contribution in [0.3, 0.4) is 0 Å². The largest absolute Gasteiger partial charge is 0.348 e. The van der Waals surface area contributed by atoms with Gasteiger partial charge in [-0.15, -0.1) is 0 Å². The molecular formula is C19H30N2O2. The van der Waals surface area contributed by atoms with Crippen LogP contribution < -0.4 is 10.6 Å². The summed E-state index contributed by atoms with van der Waals surface area (Å²) in [5, 5.41) is 5.52. The molecule has 0 saturated heterocycles. The summed E-state index contributed by atoms with van der Waals surface area (Å²) < 4.78 is 0. The second-order valence-electron chi connectivity index (χ2n) is 6.54. The number of unbranched alkanes of at least 4 members (excludes halogenated alkanes) is 2. The van der Waals surface area contributed by atoms with Crippen LogP contribution in [-0.2, 0) is 9.59 Å². The fraction of sp³-hybridized carbons (Fsp3) is 0.579. The number of carbonyl (C=O) groups is 2. The fourth-order valence-corrected chi connectivity index (χ4v) is 2.52. The van der Waals surface area contributed by atoms with E-state index in [1.165, 1.54) is 0 Å². The highest BCUT2D eigenvalue weighted by Gasteiger charge is 2.19. The number of hydrogen-bond acceptors (Lipinski definition) is 2. The second kappa shape index (κ2) is 9.33. The summed E-state index contributed by atoms with van der Waals surface area (Å²) in [5.41, 5.74) is 2.90. The van der Waals surface area contributed by atoms with E-state index < -0.39 is 11.8 Å². The van der Waals surface area contributed by atoms with Crippen LogP contribution >= 0.6 is 0 Å². The van der Waals surface area contributed by atoms with Crippen molar-refractivity contribution in [3.8, 4) is 0 Å². The minimum absolute atomic E-state index is 0.275. The Morgan fingerprint density at radius 2 is 1.52 bits per heavy atom. The van der Waals surface area contributed by atoms with E-state index in [-0.39, 0.29) is 11.8 Å². The van der Waals surface area contributed by atoms with E-state index in [9.17, 15) is 9.59 Å². The van der Waals surface area contributed by atoms with E-state index in [1.54, 1.807) is 0 Å². The minimum atomic E-state index is -0.587. The molecule has 0 fully saturated rings. The molecule has 0 spiro atoms. The van der Waals surface area contributed by atoms with Gasteiger partial charge in [0.15, 0.2) is 0 Å². The van der Waals surface area contributed by atoms with E-state index in [2.05, 4.69) is 45.3 Å². The Kier molecular flexibility index (Phi) is 7.79. The summed E-state index contributed by atoms with van der Waals surface area (Å²) in [6.07, 6.45) is 3.03. The zero-order valence-corrected chi connectivity index (χ0v) is 15.0. The molecule has 23 heavy (non-hydrogen) atoms. The summed E-state index contributed by atoms with van der Waals surface area (Å²) in [7, 11) is 0. The van der Waals surface area contributed by atoms with Gasteiger partial charge in [0.1, 0.15) is 0 Å². The van der Waals surface area contributed by atoms with E-state index in [4.69, 9.17) is 0 Å². The van der Waals surface area contributed by atoms with Gasteiger partial charge >= 0.3 is 11.8 Å². The standard InChI is InChI=1S/C19H30N2O2/c1-6-7-8-12-20-18(22)19(23)21-17-15(13(2)3)10-9-11-16(17)14(4)5/h9-11,13-14H,6-8,12H2,1-5H3,(H,20,22)(H,21,23). The molecule has 0 atom stereocenters. The first-order chi connectivity index (χ1) is 10.9. The Morgan fingerprint density at radius 1 is 0.957 bits per heavy atom. The lowest BCUT2D eigenvalue weighted by atomic mass is 9.92. The molecule has 0 aliphatic carbocycles. The van der Waals surface area contributed by atoms with Crippen LogP contribution in [0, 0.1) is 0 Å². The summed E-state index contributed by atoms with van der Waals surface area (Å²) in [4.78, 5) is 24.2. The number of anilines is 1. The van der Waals surface area contributed by atoms with Crippen molar-refractivity contribution >= 4 is 17.5 Å². The maximum atomic E-state index is 12.2. The highest BCUT2D eigenvalue weighted by atomic mass is 16.2. The van der Waals surface area contributed by atoms with Crippen LogP contribution in [0.25, 0.3) is 0 Å². The summed E-state index contributed by atoms with van der Waals surface area (Å²) in [6, 6.07) is 6.02. The van der Waals surface area contributed by atoms with Crippen LogP contribution in [-0.4, -0.2) is 18.4 Å². The molecule has 2 N–H and O–H groups in total. The van der Waals surface area contributed by atoms with Gasteiger partial charge in [-0.2, -0.15) is 0 Å². The first kappa shape index (κ1) is 19.2. The Hall–Kier alpha value is -1.84. The molecule has 0 saturated carbocycles. The molecule has 1 aromatic rings. The Morgan fingerprint density at radius 3 is 2.00 bits per heavy atom. The molecule has 1 rings (SSSR count). The third kappa shape index (κ3) is 5.70. The van der Waals surface area contributed by atoms with E-state index in [0.717, 1.165) is 36.1 Å². The molecule has 128 valence electrons. The molecule has 0 unspecified atom stereocenters. The summed E-state index contributed by atoms with van der Waals surface area (Å²) in [6.45, 7) is 11.0. The van der Waals surface area contributed by atoms with Gasteiger partial charge in [0.2, 0.25) is 0 Å². The third-order valence-corrected chi connectivity index (χ3v) is 3.88. The molecule has 2 amide bonds. The lowest BCUT2D eigenvalue weighted by Gasteiger charge is -2.20. The predicted octanol–water partition coefficient (Wildman–Crippen LogP) is 4.18. The number of rotatable bonds is 7. The smallest absolute Gasteiger partial charge is 0.313 e. The van der Waals surface area contributed by atoms with Crippen LogP contribution in [0.1, 0.15) is 76.8 Å². The third-order valence-electron chi connectivity index (χ3n) is 3.88. The van der Waals surface area contributed by atoms with Crippen molar-refractivity contribution in [1.29, 1.82) is 0 Å². The monoisotopic (exact) mass is 318 g/mol. The van der Waals surface area contributed by atoms with Gasteiger partial charge in [-0.05, 0) is 29.4 Å². The number of benzene rings is 1. The maximum absolute atomic E-state index is 12.2. The summed E-state index contributed by atoms with van der Waals surface area (Å²) in [5.74, 6) is -0.598. The molecule has 0 bridgehead atoms. The first-order valence-electron chi connectivity index (χ1n) is 8.60. The number of amides is 2. The summed E-state index contributed by atoms with van der Waals surface area (Å²) >= 11 is 0. The molecule has 1 aromatic carbocycles. The maximum Gasteiger partial charge on any atom is 0.313 e. The van der Waals surface area contributed by atoms with Crippen LogP contribution in [0.4, 0.5) is 5.69 Å². The van der Waals surface area contributed by atoms with Crippen molar-refractivity contribution < 1.29 is 9.59 Å². The second-order valence-corrected chi connectivity index (χ2v) is 6.54. The number of nitrogens with one attached hydrogen (secondary N) is 2. The van der Waals surface area contributed by atoms with E-state index in [0.29, 0.717) is 6.54 Å². The average molecular weight is 318 g/mol. The molecule has 0 aliphatic heterocycles. The van der Waals surface area contributed by atoms with Crippen LogP contribution in [0.15, 0.2) is 18.2 Å². The number of carbonyl (C=O) groups excluding carboxylic acids is 2. The van der Waals surface area contributed by atoms with Crippen molar-refractivity contribution in [3.05, 3.63) is 29.3 Å². The van der Waals surface area contributed by atoms with Crippen LogP contribution in [0.2, 0.25) is 0 Å². The van der Waals surface area contributed by atoms with Gasteiger partial charge < -0.3 is 10.6 Å². The van der Waals surface area contributed by atoms with Crippen molar-refractivity contribution in [2.75, 3.05) is 11.9 Å². The Bertz CT molecular complexity index is 510.